The average Bonchev–Trinajstić information content (AvgIpc) is 2.52. The maximum atomic E-state index is 11.4. The lowest BCUT2D eigenvalue weighted by molar-refractivity contribution is -0.384. The number of morpholine rings is 1. The van der Waals surface area contributed by atoms with E-state index in [1.165, 1.54) is 6.07 Å². The molecule has 1 aromatic carbocycles. The number of primary amides is 1. The van der Waals surface area contributed by atoms with Crippen LogP contribution in [0, 0.1) is 16.0 Å². The molecule has 0 aromatic heterocycles. The van der Waals surface area contributed by atoms with Crippen LogP contribution in [-0.2, 0) is 4.74 Å². The van der Waals surface area contributed by atoms with Crippen LogP contribution in [0.2, 0.25) is 0 Å². The molecule has 1 fully saturated rings. The minimum Gasteiger partial charge on any atom is -0.377 e. The SMILES string of the molecule is CC(C)CN1CCOC(CNc2cccc(C(N)=O)c2[N+](=O)[O-])C1. The normalized spacial score (nSPS) is 18.5. The number of nitrogens with one attached hydrogen (secondary N) is 1. The highest BCUT2D eigenvalue weighted by Crippen LogP contribution is 2.28. The van der Waals surface area contributed by atoms with E-state index < -0.39 is 10.8 Å². The van der Waals surface area contributed by atoms with Gasteiger partial charge in [-0.2, -0.15) is 0 Å². The number of rotatable bonds is 7. The smallest absolute Gasteiger partial charge is 0.305 e. The fraction of sp³-hybridized carbons (Fsp3) is 0.562. The van der Waals surface area contributed by atoms with Crippen LogP contribution in [-0.4, -0.2) is 54.6 Å². The molecule has 1 aromatic rings. The lowest BCUT2D eigenvalue weighted by atomic mass is 10.1. The number of nitrogens with zero attached hydrogens (tertiary/aromatic N) is 2. The van der Waals surface area contributed by atoms with Gasteiger partial charge in [-0.1, -0.05) is 19.9 Å². The van der Waals surface area contributed by atoms with Crippen LogP contribution in [0.3, 0.4) is 0 Å². The van der Waals surface area contributed by atoms with Gasteiger partial charge in [-0.25, -0.2) is 0 Å². The van der Waals surface area contributed by atoms with E-state index >= 15 is 0 Å². The van der Waals surface area contributed by atoms with E-state index in [0.717, 1.165) is 19.6 Å². The summed E-state index contributed by atoms with van der Waals surface area (Å²) in [5.41, 5.74) is 5.11. The summed E-state index contributed by atoms with van der Waals surface area (Å²) in [5.74, 6) is -0.243. The second kappa shape index (κ2) is 8.07. The molecule has 1 aliphatic rings. The lowest BCUT2D eigenvalue weighted by Crippen LogP contribution is -2.46. The van der Waals surface area contributed by atoms with Crippen LogP contribution in [0.4, 0.5) is 11.4 Å². The third-order valence-electron chi connectivity index (χ3n) is 3.85. The minimum absolute atomic E-state index is 0.0608. The zero-order valence-corrected chi connectivity index (χ0v) is 14.0. The number of para-hydroxylation sites is 1. The van der Waals surface area contributed by atoms with E-state index in [4.69, 9.17) is 10.5 Å². The molecule has 8 heteroatoms. The monoisotopic (exact) mass is 336 g/mol. The largest absolute Gasteiger partial charge is 0.377 e. The molecular weight excluding hydrogens is 312 g/mol. The number of carbonyl (C=O) groups excluding carboxylic acids is 1. The van der Waals surface area contributed by atoms with Gasteiger partial charge in [0, 0.05) is 26.2 Å². The number of nitrogens with two attached hydrogens (primary N) is 1. The Kier molecular flexibility index (Phi) is 6.10. The number of hydrogen-bond donors (Lipinski definition) is 2. The van der Waals surface area contributed by atoms with E-state index in [9.17, 15) is 14.9 Å². The fourth-order valence-corrected chi connectivity index (χ4v) is 2.89. The molecule has 1 heterocycles. The molecule has 0 aliphatic carbocycles. The van der Waals surface area contributed by atoms with Crippen molar-refractivity contribution in [1.29, 1.82) is 0 Å². The highest BCUT2D eigenvalue weighted by Gasteiger charge is 2.25. The molecular formula is C16H24N4O4. The first-order chi connectivity index (χ1) is 11.4. The second-order valence-corrected chi connectivity index (χ2v) is 6.35. The van der Waals surface area contributed by atoms with E-state index in [2.05, 4.69) is 24.1 Å². The summed E-state index contributed by atoms with van der Waals surface area (Å²) in [6.45, 7) is 8.07. The van der Waals surface area contributed by atoms with Crippen LogP contribution in [0.1, 0.15) is 24.2 Å². The molecule has 1 aliphatic heterocycles. The summed E-state index contributed by atoms with van der Waals surface area (Å²) in [5, 5.41) is 14.3. The van der Waals surface area contributed by atoms with Crippen molar-refractivity contribution in [2.75, 3.05) is 38.1 Å². The van der Waals surface area contributed by atoms with E-state index in [0.29, 0.717) is 19.1 Å². The molecule has 0 radical (unpaired) electrons. The van der Waals surface area contributed by atoms with E-state index in [1.54, 1.807) is 12.1 Å². The summed E-state index contributed by atoms with van der Waals surface area (Å²) < 4.78 is 5.72. The van der Waals surface area contributed by atoms with Crippen molar-refractivity contribution >= 4 is 17.3 Å². The molecule has 1 saturated heterocycles. The number of nitro benzene ring substituents is 1. The molecule has 1 atom stereocenters. The summed E-state index contributed by atoms with van der Waals surface area (Å²) in [6, 6.07) is 4.49. The second-order valence-electron chi connectivity index (χ2n) is 6.35. The third kappa shape index (κ3) is 4.65. The Hall–Kier alpha value is -2.19. The summed E-state index contributed by atoms with van der Waals surface area (Å²) in [7, 11) is 0. The zero-order valence-electron chi connectivity index (χ0n) is 14.0. The topological polar surface area (TPSA) is 111 Å². The Morgan fingerprint density at radius 3 is 2.92 bits per heavy atom. The van der Waals surface area contributed by atoms with Crippen molar-refractivity contribution in [1.82, 2.24) is 4.90 Å². The first-order valence-electron chi connectivity index (χ1n) is 8.03. The summed E-state index contributed by atoms with van der Waals surface area (Å²) in [6.07, 6.45) is -0.0608. The van der Waals surface area contributed by atoms with Crippen LogP contribution in [0.5, 0.6) is 0 Å². The van der Waals surface area contributed by atoms with Gasteiger partial charge in [-0.15, -0.1) is 0 Å². The van der Waals surface area contributed by atoms with Gasteiger partial charge in [0.25, 0.3) is 5.91 Å². The quantitative estimate of drug-likeness (QED) is 0.576. The highest BCUT2D eigenvalue weighted by atomic mass is 16.6. The van der Waals surface area contributed by atoms with Crippen LogP contribution in [0.15, 0.2) is 18.2 Å². The maximum Gasteiger partial charge on any atom is 0.305 e. The van der Waals surface area contributed by atoms with Crippen molar-refractivity contribution in [2.45, 2.75) is 20.0 Å². The molecule has 24 heavy (non-hydrogen) atoms. The number of carbonyl (C=O) groups is 1. The molecule has 8 nitrogen and oxygen atoms in total. The van der Waals surface area contributed by atoms with Gasteiger partial charge in [0.2, 0.25) is 0 Å². The Bertz CT molecular complexity index is 606. The number of nitro groups is 1. The first kappa shape index (κ1) is 18.2. The van der Waals surface area contributed by atoms with Crippen LogP contribution < -0.4 is 11.1 Å². The Morgan fingerprint density at radius 1 is 1.54 bits per heavy atom. The summed E-state index contributed by atoms with van der Waals surface area (Å²) >= 11 is 0. The lowest BCUT2D eigenvalue weighted by Gasteiger charge is -2.34. The van der Waals surface area contributed by atoms with E-state index in [1.807, 2.05) is 0 Å². The van der Waals surface area contributed by atoms with Gasteiger partial charge in [0.15, 0.2) is 0 Å². The highest BCUT2D eigenvalue weighted by molar-refractivity contribution is 5.99. The molecule has 2 rings (SSSR count). The van der Waals surface area contributed by atoms with Gasteiger partial charge in [0.1, 0.15) is 11.3 Å². The van der Waals surface area contributed by atoms with Gasteiger partial charge >= 0.3 is 5.69 Å². The van der Waals surface area contributed by atoms with Crippen LogP contribution >= 0.6 is 0 Å². The van der Waals surface area contributed by atoms with Crippen molar-refractivity contribution < 1.29 is 14.5 Å². The predicted molar refractivity (Wildman–Crippen MR) is 91.1 cm³/mol. The number of benzene rings is 1. The maximum absolute atomic E-state index is 11.4. The molecule has 0 spiro atoms. The Labute approximate surface area is 141 Å². The predicted octanol–water partition coefficient (Wildman–Crippen LogP) is 1.46. The van der Waals surface area contributed by atoms with E-state index in [-0.39, 0.29) is 23.0 Å². The molecule has 0 saturated carbocycles. The van der Waals surface area contributed by atoms with Gasteiger partial charge in [0.05, 0.1) is 17.6 Å². The van der Waals surface area contributed by atoms with Crippen molar-refractivity contribution in [3.63, 3.8) is 0 Å². The fourth-order valence-electron chi connectivity index (χ4n) is 2.89. The molecule has 0 bridgehead atoms. The number of ether oxygens (including phenoxy) is 1. The molecule has 1 unspecified atom stereocenters. The minimum atomic E-state index is -0.817. The molecule has 132 valence electrons. The molecule has 1 amide bonds. The van der Waals surface area contributed by atoms with Gasteiger partial charge in [-0.05, 0) is 18.1 Å². The Morgan fingerprint density at radius 2 is 2.29 bits per heavy atom. The zero-order chi connectivity index (χ0) is 17.7. The van der Waals surface area contributed by atoms with Gasteiger partial charge in [-0.3, -0.25) is 19.8 Å². The van der Waals surface area contributed by atoms with Gasteiger partial charge < -0.3 is 15.8 Å². The average molecular weight is 336 g/mol. The van der Waals surface area contributed by atoms with Crippen molar-refractivity contribution in [2.24, 2.45) is 11.7 Å². The van der Waals surface area contributed by atoms with Crippen molar-refractivity contribution in [3.8, 4) is 0 Å². The van der Waals surface area contributed by atoms with Crippen molar-refractivity contribution in [3.05, 3.63) is 33.9 Å². The Balaban J connectivity index is 2.05. The first-order valence-corrected chi connectivity index (χ1v) is 8.03. The number of hydrogen-bond acceptors (Lipinski definition) is 6. The standard InChI is InChI=1S/C16H24N4O4/c1-11(2)9-19-6-7-24-12(10-19)8-18-14-5-3-4-13(16(17)21)15(14)20(22)23/h3-5,11-12,18H,6-10H2,1-2H3,(H2,17,21). The third-order valence-corrected chi connectivity index (χ3v) is 3.85. The molecule has 3 N–H and O–H groups in total. The van der Waals surface area contributed by atoms with Crippen LogP contribution in [0.25, 0.3) is 0 Å². The summed E-state index contributed by atoms with van der Waals surface area (Å²) in [4.78, 5) is 24.4. The number of amides is 1. The number of anilines is 1.